The topological polar surface area (TPSA) is 57.6 Å². The van der Waals surface area contributed by atoms with Crippen LogP contribution >= 0.6 is 11.8 Å². The molecule has 1 atom stereocenters. The van der Waals surface area contributed by atoms with E-state index in [4.69, 9.17) is 5.11 Å². The number of halogens is 3. The third kappa shape index (κ3) is 4.50. The molecule has 164 valence electrons. The van der Waals surface area contributed by atoms with Crippen molar-refractivity contribution in [1.29, 1.82) is 0 Å². The monoisotopic (exact) mass is 457 g/mol. The second-order valence-corrected chi connectivity index (χ2v) is 8.60. The number of benzene rings is 3. The van der Waals surface area contributed by atoms with Gasteiger partial charge in [-0.15, -0.1) is 11.8 Å². The van der Waals surface area contributed by atoms with Crippen molar-refractivity contribution in [1.82, 2.24) is 0 Å². The van der Waals surface area contributed by atoms with E-state index in [2.05, 4.69) is 0 Å². The van der Waals surface area contributed by atoms with E-state index in [0.717, 1.165) is 16.5 Å². The fourth-order valence-electron chi connectivity index (χ4n) is 3.67. The van der Waals surface area contributed by atoms with Crippen LogP contribution in [0.4, 0.5) is 18.9 Å². The number of alkyl halides is 3. The van der Waals surface area contributed by atoms with Gasteiger partial charge in [0.15, 0.2) is 0 Å². The van der Waals surface area contributed by atoms with Crippen molar-refractivity contribution in [2.75, 3.05) is 4.90 Å². The van der Waals surface area contributed by atoms with Gasteiger partial charge in [-0.05, 0) is 47.9 Å². The van der Waals surface area contributed by atoms with Crippen molar-refractivity contribution in [3.8, 4) is 0 Å². The molecule has 0 aromatic heterocycles. The molecule has 4 rings (SSSR count). The number of carboxylic acids is 1. The van der Waals surface area contributed by atoms with Crippen molar-refractivity contribution >= 4 is 29.3 Å². The van der Waals surface area contributed by atoms with Gasteiger partial charge in [-0.3, -0.25) is 4.79 Å². The van der Waals surface area contributed by atoms with Crippen molar-refractivity contribution < 1.29 is 27.9 Å². The highest BCUT2D eigenvalue weighted by atomic mass is 32.2. The molecule has 0 spiro atoms. The molecule has 4 nitrogen and oxygen atoms in total. The van der Waals surface area contributed by atoms with Crippen LogP contribution in [0.25, 0.3) is 0 Å². The molecule has 1 heterocycles. The summed E-state index contributed by atoms with van der Waals surface area (Å²) in [5, 5.41) is 8.52. The minimum Gasteiger partial charge on any atom is -0.478 e. The van der Waals surface area contributed by atoms with Gasteiger partial charge in [-0.1, -0.05) is 42.5 Å². The first kappa shape index (κ1) is 22.0. The van der Waals surface area contributed by atoms with Gasteiger partial charge in [0, 0.05) is 4.90 Å². The molecule has 0 radical (unpaired) electrons. The third-order valence-corrected chi connectivity index (χ3v) is 6.49. The van der Waals surface area contributed by atoms with Gasteiger partial charge in [0.1, 0.15) is 0 Å². The first-order valence-electron chi connectivity index (χ1n) is 9.78. The predicted molar refractivity (Wildman–Crippen MR) is 116 cm³/mol. The number of anilines is 1. The van der Waals surface area contributed by atoms with E-state index in [9.17, 15) is 22.8 Å². The summed E-state index contributed by atoms with van der Waals surface area (Å²) in [5.74, 6) is -1.32. The Morgan fingerprint density at radius 2 is 1.62 bits per heavy atom. The van der Waals surface area contributed by atoms with E-state index in [1.165, 1.54) is 47.0 Å². The summed E-state index contributed by atoms with van der Waals surface area (Å²) in [4.78, 5) is 26.6. The molecule has 32 heavy (non-hydrogen) atoms. The molecule has 0 saturated heterocycles. The summed E-state index contributed by atoms with van der Waals surface area (Å²) in [7, 11) is 0. The summed E-state index contributed by atoms with van der Waals surface area (Å²) in [6.45, 7) is -0.194. The highest BCUT2D eigenvalue weighted by Crippen LogP contribution is 2.42. The lowest BCUT2D eigenvalue weighted by Crippen LogP contribution is -2.41. The molecule has 0 aliphatic carbocycles. The minimum atomic E-state index is -4.52. The highest BCUT2D eigenvalue weighted by Gasteiger charge is 2.37. The second kappa shape index (κ2) is 8.70. The third-order valence-electron chi connectivity index (χ3n) is 5.24. The Bertz CT molecular complexity index is 1160. The van der Waals surface area contributed by atoms with Crippen molar-refractivity contribution in [2.45, 2.75) is 29.3 Å². The van der Waals surface area contributed by atoms with Crippen LogP contribution in [0.1, 0.15) is 27.0 Å². The molecular weight excluding hydrogens is 439 g/mol. The van der Waals surface area contributed by atoms with Crippen LogP contribution in [-0.4, -0.2) is 22.2 Å². The largest absolute Gasteiger partial charge is 0.478 e. The minimum absolute atomic E-state index is 0.0274. The van der Waals surface area contributed by atoms with Crippen LogP contribution in [0.2, 0.25) is 0 Å². The predicted octanol–water partition coefficient (Wildman–Crippen LogP) is 5.65. The fourth-order valence-corrected chi connectivity index (χ4v) is 4.94. The number of hydrogen-bond donors (Lipinski definition) is 1. The van der Waals surface area contributed by atoms with Crippen LogP contribution in [-0.2, 0) is 23.9 Å². The number of carboxylic acid groups (broad SMARTS) is 1. The zero-order valence-electron chi connectivity index (χ0n) is 16.7. The molecule has 0 bridgehead atoms. The van der Waals surface area contributed by atoms with E-state index in [0.29, 0.717) is 12.1 Å². The molecule has 3 aromatic carbocycles. The maximum atomic E-state index is 13.5. The first-order chi connectivity index (χ1) is 15.2. The Morgan fingerprint density at radius 1 is 0.969 bits per heavy atom. The lowest BCUT2D eigenvalue weighted by molar-refractivity contribution is -0.138. The molecule has 8 heteroatoms. The maximum absolute atomic E-state index is 13.5. The number of carbonyl (C=O) groups excluding carboxylic acids is 1. The number of hydrogen-bond acceptors (Lipinski definition) is 3. The molecule has 0 unspecified atom stereocenters. The van der Waals surface area contributed by atoms with E-state index >= 15 is 0 Å². The molecular formula is C24H18F3NO3S. The Kier molecular flexibility index (Phi) is 5.97. The van der Waals surface area contributed by atoms with Gasteiger partial charge in [-0.2, -0.15) is 13.2 Å². The number of rotatable bonds is 5. The Labute approximate surface area is 186 Å². The van der Waals surface area contributed by atoms with Crippen molar-refractivity contribution in [2.24, 2.45) is 0 Å². The smallest absolute Gasteiger partial charge is 0.416 e. The Hall–Kier alpha value is -3.26. The molecule has 0 saturated carbocycles. The van der Waals surface area contributed by atoms with Gasteiger partial charge < -0.3 is 10.0 Å². The fraction of sp³-hybridized carbons (Fsp3) is 0.167. The van der Waals surface area contributed by atoms with Gasteiger partial charge in [0.2, 0.25) is 5.91 Å². The zero-order chi connectivity index (χ0) is 22.9. The number of carbonyl (C=O) groups is 2. The summed E-state index contributed by atoms with van der Waals surface area (Å²) in [5.41, 5.74) is 0.767. The van der Waals surface area contributed by atoms with E-state index in [1.807, 2.05) is 12.1 Å². The molecule has 1 amide bonds. The molecule has 3 aromatic rings. The highest BCUT2D eigenvalue weighted by molar-refractivity contribution is 8.01. The number of aromatic carboxylic acids is 1. The molecule has 1 N–H and O–H groups in total. The lowest BCUT2D eigenvalue weighted by Gasteiger charge is -2.34. The van der Waals surface area contributed by atoms with E-state index in [1.54, 1.807) is 24.3 Å². The molecule has 0 fully saturated rings. The zero-order valence-corrected chi connectivity index (χ0v) is 17.5. The van der Waals surface area contributed by atoms with Crippen LogP contribution in [0.15, 0.2) is 77.7 Å². The van der Waals surface area contributed by atoms with Crippen LogP contribution in [0, 0.1) is 0 Å². The summed E-state index contributed by atoms with van der Waals surface area (Å²) in [6.07, 6.45) is -4.19. The lowest BCUT2D eigenvalue weighted by atomic mass is 10.0. The van der Waals surface area contributed by atoms with E-state index < -0.39 is 23.0 Å². The summed E-state index contributed by atoms with van der Waals surface area (Å²) < 4.78 is 40.5. The Morgan fingerprint density at radius 3 is 2.31 bits per heavy atom. The number of amides is 1. The summed E-state index contributed by atoms with van der Waals surface area (Å²) >= 11 is 1.36. The number of thioether (sulfide) groups is 1. The van der Waals surface area contributed by atoms with Gasteiger partial charge in [0.25, 0.3) is 0 Å². The van der Waals surface area contributed by atoms with Gasteiger partial charge in [0.05, 0.1) is 28.6 Å². The Balaban J connectivity index is 1.65. The SMILES string of the molecule is O=C(O)c1ccc(C[C@@H]2Sc3ccccc3N(Cc3ccccc3C(F)(F)F)C2=O)cc1. The van der Waals surface area contributed by atoms with Gasteiger partial charge >= 0.3 is 12.1 Å². The second-order valence-electron chi connectivity index (χ2n) is 7.36. The van der Waals surface area contributed by atoms with Crippen molar-refractivity contribution in [3.63, 3.8) is 0 Å². The molecule has 1 aliphatic heterocycles. The number of para-hydroxylation sites is 1. The van der Waals surface area contributed by atoms with Crippen LogP contribution < -0.4 is 4.90 Å². The first-order valence-corrected chi connectivity index (χ1v) is 10.7. The molecule has 1 aliphatic rings. The average Bonchev–Trinajstić information content (AvgIpc) is 2.76. The maximum Gasteiger partial charge on any atom is 0.416 e. The quantitative estimate of drug-likeness (QED) is 0.538. The average molecular weight is 457 g/mol. The van der Waals surface area contributed by atoms with E-state index in [-0.39, 0.29) is 23.6 Å². The van der Waals surface area contributed by atoms with Crippen LogP contribution in [0.3, 0.4) is 0 Å². The van der Waals surface area contributed by atoms with Gasteiger partial charge in [-0.25, -0.2) is 4.79 Å². The van der Waals surface area contributed by atoms with Crippen molar-refractivity contribution in [3.05, 3.63) is 95.1 Å². The number of nitrogens with zero attached hydrogens (tertiary/aromatic N) is 1. The summed E-state index contributed by atoms with van der Waals surface area (Å²) in [6, 6.07) is 18.7. The standard InChI is InChI=1S/C24H18F3NO3S/c25-24(26,27)18-6-2-1-5-17(18)14-28-19-7-3-4-8-20(19)32-21(22(28)29)13-15-9-11-16(12-10-15)23(30)31/h1-12,21H,13-14H2,(H,30,31)/t21-/m0/s1. The normalized spacial score (nSPS) is 16.0. The number of fused-ring (bicyclic) bond motifs is 1. The van der Waals surface area contributed by atoms with Crippen LogP contribution in [0.5, 0.6) is 0 Å².